The molecule has 39 heavy (non-hydrogen) atoms. The number of benzene rings is 4. The van der Waals surface area contributed by atoms with Crippen molar-refractivity contribution in [2.75, 3.05) is 5.32 Å². The van der Waals surface area contributed by atoms with Gasteiger partial charge in [-0.15, -0.1) is 0 Å². The van der Waals surface area contributed by atoms with Gasteiger partial charge in [-0.3, -0.25) is 0 Å². The highest BCUT2D eigenvalue weighted by Gasteiger charge is 2.21. The molecule has 1 aliphatic rings. The highest BCUT2D eigenvalue weighted by molar-refractivity contribution is 5.69. The minimum Gasteiger partial charge on any atom is -0.356 e. The molecule has 0 bridgehead atoms. The molecular weight excluding hydrogens is 470 g/mol. The fraction of sp³-hybridized carbons (Fsp3) is 0.368. The van der Waals surface area contributed by atoms with E-state index in [0.717, 1.165) is 30.6 Å². The van der Waals surface area contributed by atoms with Gasteiger partial charge in [-0.2, -0.15) is 0 Å². The van der Waals surface area contributed by atoms with Gasteiger partial charge in [0.2, 0.25) is 0 Å². The SMILES string of the molecule is CCC(C)(CC)c1ccc(Nc2ccc(-c3cccc(CCCCCCc4ccc5c(c4)CC5)c3)cc2)cc1. The minimum atomic E-state index is 0.261. The number of hydrogen-bond donors (Lipinski definition) is 1. The molecule has 1 heteroatoms. The normalized spacial score (nSPS) is 12.6. The average molecular weight is 516 g/mol. The van der Waals surface area contributed by atoms with E-state index in [9.17, 15) is 0 Å². The Labute approximate surface area is 236 Å². The van der Waals surface area contributed by atoms with Crippen molar-refractivity contribution in [2.24, 2.45) is 0 Å². The Hall–Kier alpha value is -3.32. The van der Waals surface area contributed by atoms with Crippen molar-refractivity contribution < 1.29 is 0 Å². The van der Waals surface area contributed by atoms with E-state index in [1.807, 2.05) is 0 Å². The van der Waals surface area contributed by atoms with Crippen molar-refractivity contribution in [3.63, 3.8) is 0 Å². The highest BCUT2D eigenvalue weighted by atomic mass is 14.9. The number of hydrogen-bond acceptors (Lipinski definition) is 1. The summed E-state index contributed by atoms with van der Waals surface area (Å²) in [5, 5.41) is 3.57. The molecule has 4 aromatic carbocycles. The lowest BCUT2D eigenvalue weighted by atomic mass is 9.78. The molecule has 0 heterocycles. The maximum Gasteiger partial charge on any atom is 0.0384 e. The standard InChI is InChI=1S/C38H45N/c1-4-38(3,5-2)35-21-25-37(26-22-35)39-36-23-19-32(20-24-36)33-14-10-13-29(27-33)11-8-6-7-9-12-30-15-16-31-17-18-34(31)28-30/h10,13-16,19-28,39H,4-9,11-12,17-18H2,1-3H3. The molecule has 5 rings (SSSR count). The quantitative estimate of drug-likeness (QED) is 0.175. The smallest absolute Gasteiger partial charge is 0.0384 e. The Morgan fingerprint density at radius 3 is 1.79 bits per heavy atom. The van der Waals surface area contributed by atoms with E-state index in [1.165, 1.54) is 72.8 Å². The molecule has 0 saturated heterocycles. The van der Waals surface area contributed by atoms with E-state index in [-0.39, 0.29) is 5.41 Å². The van der Waals surface area contributed by atoms with E-state index < -0.39 is 0 Å². The summed E-state index contributed by atoms with van der Waals surface area (Å²) in [5.41, 5.74) is 12.7. The van der Waals surface area contributed by atoms with Crippen LogP contribution in [-0.2, 0) is 31.1 Å². The third-order valence-corrected chi connectivity index (χ3v) is 9.19. The third kappa shape index (κ3) is 6.82. The molecule has 1 N–H and O–H groups in total. The van der Waals surface area contributed by atoms with E-state index in [2.05, 4.69) is 117 Å². The average Bonchev–Trinajstić information content (AvgIpc) is 2.96. The molecule has 0 aliphatic heterocycles. The monoisotopic (exact) mass is 515 g/mol. The molecule has 0 aromatic heterocycles. The summed E-state index contributed by atoms with van der Waals surface area (Å²) in [5.74, 6) is 0. The van der Waals surface area contributed by atoms with Crippen LogP contribution < -0.4 is 5.32 Å². The van der Waals surface area contributed by atoms with E-state index >= 15 is 0 Å². The predicted molar refractivity (Wildman–Crippen MR) is 169 cm³/mol. The lowest BCUT2D eigenvalue weighted by Crippen LogP contribution is -2.19. The summed E-state index contributed by atoms with van der Waals surface area (Å²) in [4.78, 5) is 0. The van der Waals surface area contributed by atoms with Gasteiger partial charge in [0.25, 0.3) is 0 Å². The van der Waals surface area contributed by atoms with Crippen molar-refractivity contribution in [3.05, 3.63) is 119 Å². The zero-order valence-electron chi connectivity index (χ0n) is 24.2. The van der Waals surface area contributed by atoms with Crippen LogP contribution in [0.5, 0.6) is 0 Å². The molecule has 1 aliphatic carbocycles. The molecule has 0 fully saturated rings. The fourth-order valence-electron chi connectivity index (χ4n) is 5.85. The zero-order valence-corrected chi connectivity index (χ0v) is 24.2. The lowest BCUT2D eigenvalue weighted by molar-refractivity contribution is 0.439. The predicted octanol–water partition coefficient (Wildman–Crippen LogP) is 10.6. The second-order valence-corrected chi connectivity index (χ2v) is 11.8. The summed E-state index contributed by atoms with van der Waals surface area (Å²) >= 11 is 0. The Kier molecular flexibility index (Phi) is 8.87. The van der Waals surface area contributed by atoms with Gasteiger partial charge in [-0.05, 0) is 120 Å². The van der Waals surface area contributed by atoms with Crippen molar-refractivity contribution in [1.82, 2.24) is 0 Å². The first-order chi connectivity index (χ1) is 19.1. The molecule has 4 aromatic rings. The molecular formula is C38H45N. The number of anilines is 2. The van der Waals surface area contributed by atoms with Gasteiger partial charge in [-0.25, -0.2) is 0 Å². The molecule has 0 amide bonds. The second kappa shape index (κ2) is 12.7. The first-order valence-corrected chi connectivity index (χ1v) is 15.2. The van der Waals surface area contributed by atoms with Crippen LogP contribution in [0.1, 0.15) is 87.1 Å². The van der Waals surface area contributed by atoms with E-state index in [1.54, 1.807) is 11.1 Å². The van der Waals surface area contributed by atoms with Gasteiger partial charge in [0.05, 0.1) is 0 Å². The summed E-state index contributed by atoms with van der Waals surface area (Å²) in [6.45, 7) is 6.92. The van der Waals surface area contributed by atoms with Crippen LogP contribution in [-0.4, -0.2) is 0 Å². The second-order valence-electron chi connectivity index (χ2n) is 11.8. The number of fused-ring (bicyclic) bond motifs is 1. The van der Waals surface area contributed by atoms with Gasteiger partial charge in [0, 0.05) is 11.4 Å². The summed E-state index contributed by atoms with van der Waals surface area (Å²) < 4.78 is 0. The van der Waals surface area contributed by atoms with Crippen molar-refractivity contribution >= 4 is 11.4 Å². The number of nitrogens with one attached hydrogen (secondary N) is 1. The Morgan fingerprint density at radius 2 is 1.21 bits per heavy atom. The minimum absolute atomic E-state index is 0.261. The molecule has 0 saturated carbocycles. The van der Waals surface area contributed by atoms with Crippen LogP contribution in [0.2, 0.25) is 0 Å². The van der Waals surface area contributed by atoms with Crippen molar-refractivity contribution in [3.8, 4) is 11.1 Å². The molecule has 0 radical (unpaired) electrons. The molecule has 0 unspecified atom stereocenters. The summed E-state index contributed by atoms with van der Waals surface area (Å²) in [6.07, 6.45) is 12.5. The summed E-state index contributed by atoms with van der Waals surface area (Å²) in [7, 11) is 0. The first-order valence-electron chi connectivity index (χ1n) is 15.2. The van der Waals surface area contributed by atoms with Crippen LogP contribution in [0, 0.1) is 0 Å². The summed E-state index contributed by atoms with van der Waals surface area (Å²) in [6, 6.07) is 34.1. The first kappa shape index (κ1) is 27.3. The fourth-order valence-corrected chi connectivity index (χ4v) is 5.85. The molecule has 0 atom stereocenters. The molecule has 0 spiro atoms. The maximum atomic E-state index is 3.57. The largest absolute Gasteiger partial charge is 0.356 e. The Balaban J connectivity index is 1.09. The Morgan fingerprint density at radius 1 is 0.590 bits per heavy atom. The third-order valence-electron chi connectivity index (χ3n) is 9.19. The number of aryl methyl sites for hydroxylation is 4. The maximum absolute atomic E-state index is 3.57. The van der Waals surface area contributed by atoms with Crippen molar-refractivity contribution in [2.45, 2.75) is 90.4 Å². The van der Waals surface area contributed by atoms with Crippen LogP contribution >= 0.6 is 0 Å². The van der Waals surface area contributed by atoms with Gasteiger partial charge < -0.3 is 5.32 Å². The number of rotatable bonds is 13. The topological polar surface area (TPSA) is 12.0 Å². The molecule has 1 nitrogen and oxygen atoms in total. The molecule has 202 valence electrons. The van der Waals surface area contributed by atoms with Crippen LogP contribution in [0.15, 0.2) is 91.0 Å². The Bertz CT molecular complexity index is 1340. The number of unbranched alkanes of at least 4 members (excludes halogenated alkanes) is 3. The lowest BCUT2D eigenvalue weighted by Gasteiger charge is -2.27. The van der Waals surface area contributed by atoms with Gasteiger partial charge in [0.15, 0.2) is 0 Å². The van der Waals surface area contributed by atoms with E-state index in [4.69, 9.17) is 0 Å². The zero-order chi connectivity index (χ0) is 27.1. The highest BCUT2D eigenvalue weighted by Crippen LogP contribution is 2.32. The van der Waals surface area contributed by atoms with Crippen molar-refractivity contribution in [1.29, 1.82) is 0 Å². The van der Waals surface area contributed by atoms with Gasteiger partial charge in [0.1, 0.15) is 0 Å². The van der Waals surface area contributed by atoms with Crippen LogP contribution in [0.25, 0.3) is 11.1 Å². The van der Waals surface area contributed by atoms with Gasteiger partial charge in [-0.1, -0.05) is 100 Å². The van der Waals surface area contributed by atoms with Crippen LogP contribution in [0.3, 0.4) is 0 Å². The van der Waals surface area contributed by atoms with Crippen LogP contribution in [0.4, 0.5) is 11.4 Å². The van der Waals surface area contributed by atoms with Gasteiger partial charge >= 0.3 is 0 Å². The van der Waals surface area contributed by atoms with E-state index in [0.29, 0.717) is 0 Å².